The Balaban J connectivity index is 2.30. The van der Waals surface area contributed by atoms with Gasteiger partial charge >= 0.3 is 0 Å². The molecule has 120 valence electrons. The molecule has 7 heteroatoms. The summed E-state index contributed by atoms with van der Waals surface area (Å²) in [6.07, 6.45) is 0.772. The lowest BCUT2D eigenvalue weighted by atomic mass is 10.2. The molecule has 1 aromatic carbocycles. The Morgan fingerprint density at radius 3 is 2.71 bits per heavy atom. The molecule has 0 fully saturated rings. The van der Waals surface area contributed by atoms with Gasteiger partial charge in [0.1, 0.15) is 12.4 Å². The second-order valence-electron chi connectivity index (χ2n) is 4.84. The van der Waals surface area contributed by atoms with Crippen molar-refractivity contribution in [1.82, 2.24) is 14.3 Å². The highest BCUT2D eigenvalue weighted by atomic mass is 32.2. The molecule has 0 bridgehead atoms. The largest absolute Gasteiger partial charge is 0.492 e. The Hall–Kier alpha value is -1.15. The lowest BCUT2D eigenvalue weighted by Gasteiger charge is -2.17. The third kappa shape index (κ3) is 6.90. The Morgan fingerprint density at radius 2 is 2.05 bits per heavy atom. The fraction of sp³-hybridized carbons (Fsp3) is 0.571. The lowest BCUT2D eigenvalue weighted by molar-refractivity contribution is 0.320. The molecule has 0 aliphatic carbocycles. The molecule has 21 heavy (non-hydrogen) atoms. The van der Waals surface area contributed by atoms with Gasteiger partial charge in [-0.25, -0.2) is 0 Å². The summed E-state index contributed by atoms with van der Waals surface area (Å²) in [4.78, 5) is 0. The van der Waals surface area contributed by atoms with Crippen molar-refractivity contribution in [2.24, 2.45) is 0 Å². The molecule has 1 aromatic rings. The van der Waals surface area contributed by atoms with Crippen LogP contribution in [0.15, 0.2) is 24.3 Å². The van der Waals surface area contributed by atoms with Gasteiger partial charge in [-0.3, -0.25) is 0 Å². The smallest absolute Gasteiger partial charge is 0.279 e. The van der Waals surface area contributed by atoms with E-state index in [0.717, 1.165) is 24.3 Å². The zero-order chi connectivity index (χ0) is 15.7. The van der Waals surface area contributed by atoms with Crippen LogP contribution in [0.4, 0.5) is 0 Å². The Bertz CT molecular complexity index is 520. The minimum Gasteiger partial charge on any atom is -0.492 e. The lowest BCUT2D eigenvalue weighted by Crippen LogP contribution is -2.40. The molecule has 1 rings (SSSR count). The Morgan fingerprint density at radius 1 is 1.29 bits per heavy atom. The number of hydrogen-bond donors (Lipinski definition) is 2. The minimum absolute atomic E-state index is 0.243. The topological polar surface area (TPSA) is 70.7 Å². The molecule has 0 saturated heterocycles. The number of rotatable bonds is 10. The first-order valence-corrected chi connectivity index (χ1v) is 8.44. The van der Waals surface area contributed by atoms with E-state index < -0.39 is 10.2 Å². The van der Waals surface area contributed by atoms with Gasteiger partial charge in [-0.2, -0.15) is 17.4 Å². The van der Waals surface area contributed by atoms with Gasteiger partial charge < -0.3 is 10.1 Å². The summed E-state index contributed by atoms with van der Waals surface area (Å²) in [7, 11) is -0.0163. The molecule has 0 spiro atoms. The maximum Gasteiger partial charge on any atom is 0.279 e. The van der Waals surface area contributed by atoms with E-state index in [0.29, 0.717) is 13.2 Å². The van der Waals surface area contributed by atoms with E-state index in [1.54, 1.807) is 7.05 Å². The van der Waals surface area contributed by atoms with Gasteiger partial charge in [0, 0.05) is 20.1 Å². The Labute approximate surface area is 127 Å². The van der Waals surface area contributed by atoms with Crippen molar-refractivity contribution in [1.29, 1.82) is 0 Å². The number of aryl methyl sites for hydroxylation is 1. The minimum atomic E-state index is -3.43. The second-order valence-corrected chi connectivity index (χ2v) is 6.71. The summed E-state index contributed by atoms with van der Waals surface area (Å²) in [5.41, 5.74) is 1.11. The van der Waals surface area contributed by atoms with E-state index in [-0.39, 0.29) is 6.54 Å². The van der Waals surface area contributed by atoms with Crippen LogP contribution in [0.5, 0.6) is 5.75 Å². The monoisotopic (exact) mass is 315 g/mol. The van der Waals surface area contributed by atoms with Gasteiger partial charge in [0.25, 0.3) is 10.2 Å². The molecule has 0 radical (unpaired) electrons. The third-order valence-electron chi connectivity index (χ3n) is 2.95. The first kappa shape index (κ1) is 17.9. The zero-order valence-electron chi connectivity index (χ0n) is 12.9. The van der Waals surface area contributed by atoms with Gasteiger partial charge in [0.15, 0.2) is 0 Å². The average molecular weight is 315 g/mol. The normalized spacial score (nSPS) is 11.8. The van der Waals surface area contributed by atoms with Crippen LogP contribution in [0.25, 0.3) is 0 Å². The highest BCUT2D eigenvalue weighted by molar-refractivity contribution is 7.87. The maximum absolute atomic E-state index is 11.9. The maximum atomic E-state index is 11.9. The fourth-order valence-corrected chi connectivity index (χ4v) is 2.68. The van der Waals surface area contributed by atoms with Crippen molar-refractivity contribution in [3.05, 3.63) is 29.8 Å². The molecule has 0 aliphatic rings. The molecule has 0 atom stereocenters. The van der Waals surface area contributed by atoms with Crippen LogP contribution in [-0.4, -0.2) is 53.1 Å². The highest BCUT2D eigenvalue weighted by Gasteiger charge is 2.15. The van der Waals surface area contributed by atoms with Gasteiger partial charge in [0.2, 0.25) is 0 Å². The highest BCUT2D eigenvalue weighted by Crippen LogP contribution is 2.11. The summed E-state index contributed by atoms with van der Waals surface area (Å²) in [5, 5.41) is 2.99. The number of nitrogens with one attached hydrogen (secondary N) is 2. The number of benzene rings is 1. The van der Waals surface area contributed by atoms with Gasteiger partial charge in [-0.05, 0) is 44.6 Å². The molecule has 0 aliphatic heterocycles. The summed E-state index contributed by atoms with van der Waals surface area (Å²) in [6, 6.07) is 7.66. The number of ether oxygens (including phenoxy) is 1. The van der Waals surface area contributed by atoms with Crippen LogP contribution in [0.2, 0.25) is 0 Å². The summed E-state index contributed by atoms with van der Waals surface area (Å²) >= 11 is 0. The van der Waals surface area contributed by atoms with Gasteiger partial charge in [-0.15, -0.1) is 0 Å². The molecular formula is C14H25N3O3S. The van der Waals surface area contributed by atoms with E-state index >= 15 is 0 Å². The van der Waals surface area contributed by atoms with Crippen molar-refractivity contribution in [3.8, 4) is 5.75 Å². The third-order valence-corrected chi connectivity index (χ3v) is 4.53. The SMILES string of the molecule is CNCCCN(C)S(=O)(=O)NCCOc1cccc(C)c1. The van der Waals surface area contributed by atoms with Crippen LogP contribution in [-0.2, 0) is 10.2 Å². The number of hydrogen-bond acceptors (Lipinski definition) is 4. The zero-order valence-corrected chi connectivity index (χ0v) is 13.7. The van der Waals surface area contributed by atoms with Crippen LogP contribution in [0.3, 0.4) is 0 Å². The molecule has 0 unspecified atom stereocenters. The number of nitrogens with zero attached hydrogens (tertiary/aromatic N) is 1. The van der Waals surface area contributed by atoms with Crippen molar-refractivity contribution < 1.29 is 13.2 Å². The van der Waals surface area contributed by atoms with E-state index in [9.17, 15) is 8.42 Å². The predicted octanol–water partition coefficient (Wildman–Crippen LogP) is 0.750. The first-order valence-electron chi connectivity index (χ1n) is 7.00. The summed E-state index contributed by atoms with van der Waals surface area (Å²) in [6.45, 7) is 3.79. The summed E-state index contributed by atoms with van der Waals surface area (Å²) in [5.74, 6) is 0.747. The molecular weight excluding hydrogens is 290 g/mol. The molecule has 0 saturated carbocycles. The predicted molar refractivity (Wildman–Crippen MR) is 84.8 cm³/mol. The molecule has 0 heterocycles. The van der Waals surface area contributed by atoms with Crippen molar-refractivity contribution in [2.45, 2.75) is 13.3 Å². The van der Waals surface area contributed by atoms with Crippen LogP contribution < -0.4 is 14.8 Å². The van der Waals surface area contributed by atoms with Crippen LogP contribution >= 0.6 is 0 Å². The van der Waals surface area contributed by atoms with E-state index in [4.69, 9.17) is 4.74 Å². The molecule has 2 N–H and O–H groups in total. The van der Waals surface area contributed by atoms with Crippen LogP contribution in [0.1, 0.15) is 12.0 Å². The average Bonchev–Trinajstić information content (AvgIpc) is 2.44. The quantitative estimate of drug-likeness (QED) is 0.625. The molecule has 0 amide bonds. The van der Waals surface area contributed by atoms with Gasteiger partial charge in [0.05, 0.1) is 0 Å². The van der Waals surface area contributed by atoms with Crippen molar-refractivity contribution in [3.63, 3.8) is 0 Å². The van der Waals surface area contributed by atoms with Crippen molar-refractivity contribution >= 4 is 10.2 Å². The standard InChI is InChI=1S/C14H25N3O3S/c1-13-6-4-7-14(12-13)20-11-9-16-21(18,19)17(3)10-5-8-15-2/h4,6-7,12,15-16H,5,8-11H2,1-3H3. The molecule has 6 nitrogen and oxygen atoms in total. The van der Waals surface area contributed by atoms with Crippen molar-refractivity contribution in [2.75, 3.05) is 40.3 Å². The summed E-state index contributed by atoms with van der Waals surface area (Å²) < 4.78 is 33.2. The van der Waals surface area contributed by atoms with E-state index in [1.807, 2.05) is 38.2 Å². The van der Waals surface area contributed by atoms with E-state index in [2.05, 4.69) is 10.0 Å². The van der Waals surface area contributed by atoms with Gasteiger partial charge in [-0.1, -0.05) is 12.1 Å². The van der Waals surface area contributed by atoms with Crippen LogP contribution in [0, 0.1) is 6.92 Å². The molecule has 0 aromatic heterocycles. The second kappa shape index (κ2) is 8.99. The van der Waals surface area contributed by atoms with E-state index in [1.165, 1.54) is 4.31 Å². The fourth-order valence-electron chi connectivity index (χ4n) is 1.75. The first-order chi connectivity index (χ1) is 9.95. The Kier molecular flexibility index (Phi) is 7.66.